The molecular formula is C14H17N3O3. The Labute approximate surface area is 117 Å². The predicted octanol–water partition coefficient (Wildman–Crippen LogP) is 2.40. The summed E-state index contributed by atoms with van der Waals surface area (Å²) in [4.78, 5) is 10.2. The van der Waals surface area contributed by atoms with Gasteiger partial charge in [-0.1, -0.05) is 6.07 Å². The molecule has 0 aliphatic heterocycles. The maximum absolute atomic E-state index is 10.7. The van der Waals surface area contributed by atoms with Crippen LogP contribution in [0.3, 0.4) is 0 Å². The lowest BCUT2D eigenvalue weighted by Gasteiger charge is -2.23. The Bertz CT molecular complexity index is 537. The molecule has 1 aliphatic rings. The highest BCUT2D eigenvalue weighted by Gasteiger charge is 2.32. The molecule has 0 saturated heterocycles. The highest BCUT2D eigenvalue weighted by molar-refractivity contribution is 5.37. The van der Waals surface area contributed by atoms with Crippen LogP contribution in [-0.2, 0) is 0 Å². The summed E-state index contributed by atoms with van der Waals surface area (Å²) in [5.41, 5.74) is -0.608. The average molecular weight is 275 g/mol. The van der Waals surface area contributed by atoms with Gasteiger partial charge in [0.1, 0.15) is 11.3 Å². The van der Waals surface area contributed by atoms with Crippen LogP contribution < -0.4 is 10.1 Å². The van der Waals surface area contributed by atoms with Crippen molar-refractivity contribution in [2.75, 3.05) is 6.61 Å². The molecule has 0 bridgehead atoms. The van der Waals surface area contributed by atoms with Gasteiger partial charge in [0.15, 0.2) is 0 Å². The molecule has 0 radical (unpaired) electrons. The number of nitro benzene ring substituents is 1. The summed E-state index contributed by atoms with van der Waals surface area (Å²) < 4.78 is 5.50. The Morgan fingerprint density at radius 2 is 2.35 bits per heavy atom. The van der Waals surface area contributed by atoms with E-state index in [4.69, 9.17) is 4.74 Å². The number of hydrogen-bond acceptors (Lipinski definition) is 5. The Hall–Kier alpha value is -2.13. The lowest BCUT2D eigenvalue weighted by atomic mass is 10.0. The largest absolute Gasteiger partial charge is 0.493 e. The molecule has 1 N–H and O–H groups in total. The fourth-order valence-corrected chi connectivity index (χ4v) is 1.90. The molecule has 6 nitrogen and oxygen atoms in total. The van der Waals surface area contributed by atoms with Crippen molar-refractivity contribution in [2.45, 2.75) is 37.8 Å². The van der Waals surface area contributed by atoms with Gasteiger partial charge in [0.25, 0.3) is 5.69 Å². The summed E-state index contributed by atoms with van der Waals surface area (Å²) >= 11 is 0. The molecule has 0 amide bonds. The molecule has 0 heterocycles. The molecule has 0 aromatic heterocycles. The molecule has 1 unspecified atom stereocenters. The Balaban J connectivity index is 1.87. The van der Waals surface area contributed by atoms with Crippen LogP contribution in [0, 0.1) is 21.4 Å². The van der Waals surface area contributed by atoms with Crippen molar-refractivity contribution in [1.29, 1.82) is 5.26 Å². The standard InChI is InChI=1S/C14H17N3O3/c1-14(10-15,16-11-5-6-11)7-8-20-13-4-2-3-12(9-13)17(18)19/h2-4,9,11,16H,5-8H2,1H3. The fraction of sp³-hybridized carbons (Fsp3) is 0.500. The molecule has 1 aromatic rings. The van der Waals surface area contributed by atoms with Gasteiger partial charge in [-0.05, 0) is 25.8 Å². The zero-order chi connectivity index (χ0) is 14.6. The third-order valence-electron chi connectivity index (χ3n) is 3.25. The van der Waals surface area contributed by atoms with Crippen molar-refractivity contribution in [2.24, 2.45) is 0 Å². The van der Waals surface area contributed by atoms with Crippen LogP contribution >= 0.6 is 0 Å². The smallest absolute Gasteiger partial charge is 0.273 e. The zero-order valence-electron chi connectivity index (χ0n) is 11.3. The van der Waals surface area contributed by atoms with E-state index in [1.165, 1.54) is 12.1 Å². The molecule has 6 heteroatoms. The topological polar surface area (TPSA) is 88.2 Å². The maximum atomic E-state index is 10.7. The van der Waals surface area contributed by atoms with E-state index in [0.29, 0.717) is 24.8 Å². The van der Waals surface area contributed by atoms with Crippen molar-refractivity contribution in [1.82, 2.24) is 5.32 Å². The molecular weight excluding hydrogens is 258 g/mol. The van der Waals surface area contributed by atoms with Gasteiger partial charge in [0.05, 0.1) is 23.7 Å². The van der Waals surface area contributed by atoms with Gasteiger partial charge >= 0.3 is 0 Å². The predicted molar refractivity (Wildman–Crippen MR) is 73.4 cm³/mol. The first-order valence-electron chi connectivity index (χ1n) is 6.59. The highest BCUT2D eigenvalue weighted by Crippen LogP contribution is 2.24. The minimum atomic E-state index is -0.609. The maximum Gasteiger partial charge on any atom is 0.273 e. The zero-order valence-corrected chi connectivity index (χ0v) is 11.3. The number of benzene rings is 1. The van der Waals surface area contributed by atoms with Crippen LogP contribution in [0.25, 0.3) is 0 Å². The number of rotatable bonds is 7. The van der Waals surface area contributed by atoms with Crippen LogP contribution in [0.2, 0.25) is 0 Å². The third kappa shape index (κ3) is 3.93. The molecule has 106 valence electrons. The second-order valence-electron chi connectivity index (χ2n) is 5.22. The first kappa shape index (κ1) is 14.3. The van der Waals surface area contributed by atoms with E-state index in [2.05, 4.69) is 11.4 Å². The van der Waals surface area contributed by atoms with E-state index < -0.39 is 10.5 Å². The Morgan fingerprint density at radius 1 is 1.60 bits per heavy atom. The molecule has 1 atom stereocenters. The van der Waals surface area contributed by atoms with Gasteiger partial charge in [-0.25, -0.2) is 0 Å². The van der Waals surface area contributed by atoms with Gasteiger partial charge in [0, 0.05) is 18.5 Å². The lowest BCUT2D eigenvalue weighted by Crippen LogP contribution is -2.43. The monoisotopic (exact) mass is 275 g/mol. The number of nitro groups is 1. The van der Waals surface area contributed by atoms with Crippen molar-refractivity contribution in [3.05, 3.63) is 34.4 Å². The number of ether oxygens (including phenoxy) is 1. The third-order valence-corrected chi connectivity index (χ3v) is 3.25. The van der Waals surface area contributed by atoms with E-state index in [1.807, 2.05) is 6.92 Å². The van der Waals surface area contributed by atoms with Crippen molar-refractivity contribution in [3.8, 4) is 11.8 Å². The SMILES string of the molecule is CC(C#N)(CCOc1cccc([N+](=O)[O-])c1)NC1CC1. The molecule has 2 rings (SSSR count). The van der Waals surface area contributed by atoms with Crippen molar-refractivity contribution in [3.63, 3.8) is 0 Å². The van der Waals surface area contributed by atoms with E-state index in [9.17, 15) is 15.4 Å². The number of hydrogen-bond donors (Lipinski definition) is 1. The molecule has 1 saturated carbocycles. The summed E-state index contributed by atoms with van der Waals surface area (Å²) in [7, 11) is 0. The lowest BCUT2D eigenvalue weighted by molar-refractivity contribution is -0.384. The van der Waals surface area contributed by atoms with Crippen LogP contribution in [0.1, 0.15) is 26.2 Å². The average Bonchev–Trinajstić information content (AvgIpc) is 3.23. The normalized spacial score (nSPS) is 17.0. The number of nitrogens with one attached hydrogen (secondary N) is 1. The Morgan fingerprint density at radius 3 is 2.95 bits per heavy atom. The molecule has 1 aliphatic carbocycles. The van der Waals surface area contributed by atoms with Gasteiger partial charge < -0.3 is 4.74 Å². The summed E-state index contributed by atoms with van der Waals surface area (Å²) in [5.74, 6) is 0.450. The number of non-ortho nitro benzene ring substituents is 1. The minimum absolute atomic E-state index is 0.00153. The molecule has 1 aromatic carbocycles. The van der Waals surface area contributed by atoms with E-state index in [1.54, 1.807) is 12.1 Å². The van der Waals surface area contributed by atoms with Crippen LogP contribution in [0.4, 0.5) is 5.69 Å². The van der Waals surface area contributed by atoms with E-state index >= 15 is 0 Å². The number of nitrogens with zero attached hydrogens (tertiary/aromatic N) is 2. The summed E-state index contributed by atoms with van der Waals surface area (Å²) in [6.07, 6.45) is 2.76. The van der Waals surface area contributed by atoms with E-state index in [0.717, 1.165) is 12.8 Å². The van der Waals surface area contributed by atoms with Gasteiger partial charge in [-0.15, -0.1) is 0 Å². The fourth-order valence-electron chi connectivity index (χ4n) is 1.90. The molecule has 0 spiro atoms. The van der Waals surface area contributed by atoms with Crippen LogP contribution in [0.15, 0.2) is 24.3 Å². The second kappa shape index (κ2) is 5.88. The van der Waals surface area contributed by atoms with Gasteiger partial charge in [-0.3, -0.25) is 15.4 Å². The summed E-state index contributed by atoms with van der Waals surface area (Å²) in [5, 5.41) is 23.2. The quantitative estimate of drug-likeness (QED) is 0.609. The molecule has 20 heavy (non-hydrogen) atoms. The van der Waals surface area contributed by atoms with Crippen LogP contribution in [-0.4, -0.2) is 23.1 Å². The molecule has 1 fully saturated rings. The first-order chi connectivity index (χ1) is 9.52. The van der Waals surface area contributed by atoms with E-state index in [-0.39, 0.29) is 5.69 Å². The minimum Gasteiger partial charge on any atom is -0.493 e. The highest BCUT2D eigenvalue weighted by atomic mass is 16.6. The van der Waals surface area contributed by atoms with Crippen molar-refractivity contribution >= 4 is 5.69 Å². The second-order valence-corrected chi connectivity index (χ2v) is 5.22. The van der Waals surface area contributed by atoms with Gasteiger partial charge in [-0.2, -0.15) is 5.26 Å². The summed E-state index contributed by atoms with van der Waals surface area (Å²) in [6.45, 7) is 2.19. The summed E-state index contributed by atoms with van der Waals surface area (Å²) in [6, 6.07) is 8.77. The first-order valence-corrected chi connectivity index (χ1v) is 6.59. The van der Waals surface area contributed by atoms with Crippen LogP contribution in [0.5, 0.6) is 5.75 Å². The Kier molecular flexibility index (Phi) is 4.20. The van der Waals surface area contributed by atoms with Gasteiger partial charge in [0.2, 0.25) is 0 Å². The van der Waals surface area contributed by atoms with Crippen molar-refractivity contribution < 1.29 is 9.66 Å². The number of nitriles is 1.